The number of aromatic nitrogens is 2. The molecule has 0 saturated heterocycles. The van der Waals surface area contributed by atoms with Gasteiger partial charge in [-0.3, -0.25) is 4.79 Å². The summed E-state index contributed by atoms with van der Waals surface area (Å²) in [6, 6.07) is 8.09. The molecule has 0 unspecified atom stereocenters. The fourth-order valence-electron chi connectivity index (χ4n) is 2.12. The number of anilines is 1. The maximum atomic E-state index is 12.4. The highest BCUT2D eigenvalue weighted by atomic mass is 32.2. The summed E-state index contributed by atoms with van der Waals surface area (Å²) in [5.41, 5.74) is 1.04. The molecule has 0 atom stereocenters. The van der Waals surface area contributed by atoms with Crippen molar-refractivity contribution in [2.45, 2.75) is 10.1 Å². The van der Waals surface area contributed by atoms with E-state index in [1.165, 1.54) is 16.7 Å². The molecule has 0 N–H and O–H groups in total. The van der Waals surface area contributed by atoms with Gasteiger partial charge in [-0.25, -0.2) is 4.98 Å². The number of benzene rings is 1. The first-order valence-electron chi connectivity index (χ1n) is 6.38. The monoisotopic (exact) mass is 305 g/mol. The Kier molecular flexibility index (Phi) is 4.03. The SMILES string of the molecule is Cn1ccnc1SCC(=O)N1CCSc2ccccc21. The Morgan fingerprint density at radius 3 is 3.10 bits per heavy atom. The van der Waals surface area contributed by atoms with Gasteiger partial charge in [-0.2, -0.15) is 0 Å². The summed E-state index contributed by atoms with van der Waals surface area (Å²) >= 11 is 3.29. The predicted molar refractivity (Wildman–Crippen MR) is 83.5 cm³/mol. The minimum atomic E-state index is 0.144. The number of aryl methyl sites for hydroxylation is 1. The summed E-state index contributed by atoms with van der Waals surface area (Å²) in [6.45, 7) is 0.779. The quantitative estimate of drug-likeness (QED) is 0.817. The second-order valence-electron chi connectivity index (χ2n) is 4.47. The Balaban J connectivity index is 1.71. The van der Waals surface area contributed by atoms with Gasteiger partial charge in [-0.1, -0.05) is 23.9 Å². The van der Waals surface area contributed by atoms with E-state index in [2.05, 4.69) is 11.1 Å². The van der Waals surface area contributed by atoms with Crippen LogP contribution in [0.2, 0.25) is 0 Å². The molecule has 3 rings (SSSR count). The van der Waals surface area contributed by atoms with Gasteiger partial charge in [0.15, 0.2) is 5.16 Å². The Morgan fingerprint density at radius 2 is 2.30 bits per heavy atom. The molecule has 4 nitrogen and oxygen atoms in total. The summed E-state index contributed by atoms with van der Waals surface area (Å²) < 4.78 is 1.93. The van der Waals surface area contributed by atoms with Crippen molar-refractivity contribution in [1.29, 1.82) is 0 Å². The van der Waals surface area contributed by atoms with Crippen LogP contribution >= 0.6 is 23.5 Å². The molecule has 1 amide bonds. The highest BCUT2D eigenvalue weighted by Crippen LogP contribution is 2.34. The summed E-state index contributed by atoms with van der Waals surface area (Å²) in [6.07, 6.45) is 3.64. The number of hydrogen-bond donors (Lipinski definition) is 0. The molecule has 0 fully saturated rings. The largest absolute Gasteiger partial charge is 0.329 e. The molecule has 0 radical (unpaired) electrons. The average Bonchev–Trinajstić information content (AvgIpc) is 2.89. The van der Waals surface area contributed by atoms with Crippen molar-refractivity contribution in [1.82, 2.24) is 9.55 Å². The number of para-hydroxylation sites is 1. The maximum absolute atomic E-state index is 12.4. The van der Waals surface area contributed by atoms with E-state index >= 15 is 0 Å². The van der Waals surface area contributed by atoms with Crippen LogP contribution in [0.15, 0.2) is 46.7 Å². The molecule has 1 aliphatic rings. The van der Waals surface area contributed by atoms with Crippen molar-refractivity contribution >= 4 is 35.1 Å². The first kappa shape index (κ1) is 13.6. The van der Waals surface area contributed by atoms with Gasteiger partial charge in [0.25, 0.3) is 0 Å². The van der Waals surface area contributed by atoms with E-state index in [0.29, 0.717) is 5.75 Å². The lowest BCUT2D eigenvalue weighted by molar-refractivity contribution is -0.116. The zero-order valence-corrected chi connectivity index (χ0v) is 12.8. The number of rotatable bonds is 3. The molecule has 0 aliphatic carbocycles. The van der Waals surface area contributed by atoms with Crippen molar-refractivity contribution in [3.05, 3.63) is 36.7 Å². The van der Waals surface area contributed by atoms with Crippen LogP contribution in [-0.4, -0.2) is 33.5 Å². The Morgan fingerprint density at radius 1 is 1.45 bits per heavy atom. The molecule has 2 aromatic rings. The molecular formula is C14H15N3OS2. The summed E-state index contributed by atoms with van der Waals surface area (Å²) in [5.74, 6) is 1.52. The minimum Gasteiger partial charge on any atom is -0.329 e. The fraction of sp³-hybridized carbons (Fsp3) is 0.286. The third kappa shape index (κ3) is 2.71. The zero-order chi connectivity index (χ0) is 13.9. The fourth-order valence-corrected chi connectivity index (χ4v) is 3.93. The Bertz CT molecular complexity index is 626. The van der Waals surface area contributed by atoms with Crippen LogP contribution in [0.4, 0.5) is 5.69 Å². The molecule has 1 aromatic heterocycles. The van der Waals surface area contributed by atoms with Crippen molar-refractivity contribution in [3.63, 3.8) is 0 Å². The molecule has 1 aliphatic heterocycles. The number of fused-ring (bicyclic) bond motifs is 1. The molecule has 0 spiro atoms. The van der Waals surface area contributed by atoms with Crippen LogP contribution in [0.5, 0.6) is 0 Å². The van der Waals surface area contributed by atoms with Gasteiger partial charge < -0.3 is 9.47 Å². The highest BCUT2D eigenvalue weighted by Gasteiger charge is 2.22. The van der Waals surface area contributed by atoms with Gasteiger partial charge in [-0.15, -0.1) is 11.8 Å². The van der Waals surface area contributed by atoms with Crippen molar-refractivity contribution in [2.24, 2.45) is 7.05 Å². The molecule has 0 bridgehead atoms. The number of carbonyl (C=O) groups excluding carboxylic acids is 1. The van der Waals surface area contributed by atoms with Gasteiger partial charge in [-0.05, 0) is 12.1 Å². The number of thioether (sulfide) groups is 2. The van der Waals surface area contributed by atoms with Gasteiger partial charge in [0.2, 0.25) is 5.91 Å². The van der Waals surface area contributed by atoms with Crippen LogP contribution in [0.3, 0.4) is 0 Å². The topological polar surface area (TPSA) is 38.1 Å². The van der Waals surface area contributed by atoms with Gasteiger partial charge in [0, 0.05) is 36.6 Å². The third-order valence-corrected chi connectivity index (χ3v) is 5.22. The van der Waals surface area contributed by atoms with E-state index in [9.17, 15) is 4.79 Å². The van der Waals surface area contributed by atoms with Crippen molar-refractivity contribution in [2.75, 3.05) is 23.0 Å². The summed E-state index contributed by atoms with van der Waals surface area (Å²) in [4.78, 5) is 19.7. The number of amides is 1. The van der Waals surface area contributed by atoms with Gasteiger partial charge >= 0.3 is 0 Å². The molecule has 6 heteroatoms. The van der Waals surface area contributed by atoms with Gasteiger partial charge in [0.1, 0.15) is 0 Å². The second kappa shape index (κ2) is 5.93. The van der Waals surface area contributed by atoms with E-state index < -0.39 is 0 Å². The standard InChI is InChI=1S/C14H15N3OS2/c1-16-7-6-15-14(16)20-10-13(18)17-8-9-19-12-5-3-2-4-11(12)17/h2-7H,8-10H2,1H3. The van der Waals surface area contributed by atoms with E-state index in [1.807, 2.05) is 52.7 Å². The van der Waals surface area contributed by atoms with E-state index in [-0.39, 0.29) is 5.91 Å². The average molecular weight is 305 g/mol. The number of imidazole rings is 1. The van der Waals surface area contributed by atoms with Crippen LogP contribution in [0, 0.1) is 0 Å². The summed E-state index contributed by atoms with van der Waals surface area (Å²) in [5, 5.41) is 0.873. The minimum absolute atomic E-state index is 0.144. The van der Waals surface area contributed by atoms with Crippen molar-refractivity contribution in [3.8, 4) is 0 Å². The normalized spacial score (nSPS) is 14.2. The summed E-state index contributed by atoms with van der Waals surface area (Å²) in [7, 11) is 1.94. The second-order valence-corrected chi connectivity index (χ2v) is 6.55. The Hall–Kier alpha value is -1.40. The molecule has 20 heavy (non-hydrogen) atoms. The van der Waals surface area contributed by atoms with E-state index in [4.69, 9.17) is 0 Å². The molecule has 1 aromatic carbocycles. The molecule has 2 heterocycles. The molecular weight excluding hydrogens is 290 g/mol. The first-order valence-corrected chi connectivity index (χ1v) is 8.35. The van der Waals surface area contributed by atoms with E-state index in [0.717, 1.165) is 23.1 Å². The molecule has 0 saturated carbocycles. The third-order valence-electron chi connectivity index (χ3n) is 3.13. The van der Waals surface area contributed by atoms with Gasteiger partial charge in [0.05, 0.1) is 11.4 Å². The number of hydrogen-bond acceptors (Lipinski definition) is 4. The lowest BCUT2D eigenvalue weighted by atomic mass is 10.3. The first-order chi connectivity index (χ1) is 9.75. The number of nitrogens with zero attached hydrogens (tertiary/aromatic N) is 3. The highest BCUT2D eigenvalue weighted by molar-refractivity contribution is 8.00. The lowest BCUT2D eigenvalue weighted by Gasteiger charge is -2.28. The van der Waals surface area contributed by atoms with Crippen LogP contribution in [0.25, 0.3) is 0 Å². The zero-order valence-electron chi connectivity index (χ0n) is 11.2. The number of carbonyl (C=O) groups is 1. The Labute approximate surface area is 126 Å². The lowest BCUT2D eigenvalue weighted by Crippen LogP contribution is -2.36. The van der Waals surface area contributed by atoms with Crippen molar-refractivity contribution < 1.29 is 4.79 Å². The van der Waals surface area contributed by atoms with Crippen LogP contribution < -0.4 is 4.90 Å². The maximum Gasteiger partial charge on any atom is 0.237 e. The van der Waals surface area contributed by atoms with Crippen LogP contribution in [0.1, 0.15) is 0 Å². The van der Waals surface area contributed by atoms with Crippen LogP contribution in [-0.2, 0) is 11.8 Å². The predicted octanol–water partition coefficient (Wildman–Crippen LogP) is 2.65. The smallest absolute Gasteiger partial charge is 0.237 e. The molecule has 104 valence electrons. The van der Waals surface area contributed by atoms with E-state index in [1.54, 1.807) is 6.20 Å².